The van der Waals surface area contributed by atoms with E-state index in [2.05, 4.69) is 22.0 Å². The highest BCUT2D eigenvalue weighted by Crippen LogP contribution is 2.25. The van der Waals surface area contributed by atoms with Gasteiger partial charge in [0, 0.05) is 28.5 Å². The van der Waals surface area contributed by atoms with Gasteiger partial charge in [0.05, 0.1) is 5.56 Å². The Kier molecular flexibility index (Phi) is 6.17. The summed E-state index contributed by atoms with van der Waals surface area (Å²) in [5.74, 6) is 0.266. The molecule has 0 atom stereocenters. The standard InChI is InChI=1S/C25H19BrN2O3S/c1-18-7-11-24(12-8-18)32(29,30)31-23-6-2-4-19(15-23)14-21-5-3-13-28(21)22-10-9-20(17-27)25(26)16-22/h2-13,15-16H,14H2,1H3. The molecule has 0 bridgehead atoms. The van der Waals surface area contributed by atoms with Crippen LogP contribution in [0, 0.1) is 18.3 Å². The molecule has 1 aromatic heterocycles. The van der Waals surface area contributed by atoms with Crippen molar-refractivity contribution in [3.05, 3.63) is 112 Å². The molecule has 160 valence electrons. The SMILES string of the molecule is Cc1ccc(S(=O)(=O)Oc2cccc(Cc3cccn3-c3ccc(C#N)c(Br)c3)c2)cc1. The maximum Gasteiger partial charge on any atom is 0.339 e. The number of aromatic nitrogens is 1. The summed E-state index contributed by atoms with van der Waals surface area (Å²) in [4.78, 5) is 0.119. The molecule has 1 heterocycles. The molecule has 0 aliphatic carbocycles. The number of rotatable bonds is 6. The Morgan fingerprint density at radius 1 is 1.00 bits per heavy atom. The number of halogens is 1. The summed E-state index contributed by atoms with van der Waals surface area (Å²) in [6.45, 7) is 1.90. The Balaban J connectivity index is 1.57. The van der Waals surface area contributed by atoms with E-state index in [4.69, 9.17) is 9.44 Å². The van der Waals surface area contributed by atoms with E-state index >= 15 is 0 Å². The van der Waals surface area contributed by atoms with Crippen molar-refractivity contribution in [1.29, 1.82) is 5.26 Å². The van der Waals surface area contributed by atoms with Crippen LogP contribution < -0.4 is 4.18 Å². The Bertz CT molecular complexity index is 1420. The van der Waals surface area contributed by atoms with Crippen molar-refractivity contribution in [2.24, 2.45) is 0 Å². The van der Waals surface area contributed by atoms with Crippen LogP contribution in [0.3, 0.4) is 0 Å². The first-order chi connectivity index (χ1) is 15.4. The minimum absolute atomic E-state index is 0.119. The first kappa shape index (κ1) is 21.9. The van der Waals surface area contributed by atoms with Gasteiger partial charge in [0.15, 0.2) is 0 Å². The Hall–Kier alpha value is -3.34. The molecule has 7 heteroatoms. The third-order valence-electron chi connectivity index (χ3n) is 4.98. The first-order valence-electron chi connectivity index (χ1n) is 9.82. The van der Waals surface area contributed by atoms with Crippen LogP contribution in [-0.2, 0) is 16.5 Å². The van der Waals surface area contributed by atoms with Crippen molar-refractivity contribution in [1.82, 2.24) is 4.57 Å². The first-order valence-corrected chi connectivity index (χ1v) is 12.0. The van der Waals surface area contributed by atoms with E-state index in [1.807, 2.05) is 48.0 Å². The van der Waals surface area contributed by atoms with Crippen molar-refractivity contribution in [3.8, 4) is 17.5 Å². The number of benzene rings is 3. The summed E-state index contributed by atoms with van der Waals surface area (Å²) in [5, 5.41) is 9.14. The van der Waals surface area contributed by atoms with Gasteiger partial charge in [0.25, 0.3) is 0 Å². The van der Waals surface area contributed by atoms with E-state index in [-0.39, 0.29) is 10.6 Å². The summed E-state index contributed by atoms with van der Waals surface area (Å²) >= 11 is 3.44. The minimum atomic E-state index is -3.91. The van der Waals surface area contributed by atoms with E-state index in [0.29, 0.717) is 12.0 Å². The van der Waals surface area contributed by atoms with Crippen LogP contribution in [0.1, 0.15) is 22.4 Å². The molecule has 4 aromatic rings. The molecule has 32 heavy (non-hydrogen) atoms. The molecule has 4 rings (SSSR count). The van der Waals surface area contributed by atoms with Gasteiger partial charge < -0.3 is 8.75 Å². The maximum absolute atomic E-state index is 12.6. The summed E-state index contributed by atoms with van der Waals surface area (Å²) in [6.07, 6.45) is 2.53. The van der Waals surface area contributed by atoms with Gasteiger partial charge in [0.1, 0.15) is 16.7 Å². The van der Waals surface area contributed by atoms with Crippen LogP contribution in [0.5, 0.6) is 5.75 Å². The zero-order valence-electron chi connectivity index (χ0n) is 17.2. The van der Waals surface area contributed by atoms with Gasteiger partial charge in [-0.25, -0.2) is 0 Å². The van der Waals surface area contributed by atoms with Gasteiger partial charge in [-0.15, -0.1) is 0 Å². The van der Waals surface area contributed by atoms with Gasteiger partial charge in [-0.2, -0.15) is 13.7 Å². The Morgan fingerprint density at radius 2 is 1.78 bits per heavy atom. The third kappa shape index (κ3) is 4.77. The van der Waals surface area contributed by atoms with E-state index < -0.39 is 10.1 Å². The summed E-state index contributed by atoms with van der Waals surface area (Å²) in [6, 6.07) is 25.3. The van der Waals surface area contributed by atoms with Crippen molar-refractivity contribution in [2.75, 3.05) is 0 Å². The lowest BCUT2D eigenvalue weighted by Gasteiger charge is -2.12. The lowest BCUT2D eigenvalue weighted by Crippen LogP contribution is -2.10. The van der Waals surface area contributed by atoms with E-state index in [0.717, 1.165) is 27.0 Å². The Morgan fingerprint density at radius 3 is 2.50 bits per heavy atom. The van der Waals surface area contributed by atoms with Gasteiger partial charge in [-0.05, 0) is 83.0 Å². The molecule has 0 amide bonds. The topological polar surface area (TPSA) is 72.1 Å². The molecule has 0 saturated carbocycles. The predicted octanol–water partition coefficient (Wildman–Crippen LogP) is 5.78. The van der Waals surface area contributed by atoms with Crippen LogP contribution in [0.25, 0.3) is 5.69 Å². The molecule has 0 radical (unpaired) electrons. The quantitative estimate of drug-likeness (QED) is 0.310. The molecular formula is C25H19BrN2O3S. The van der Waals surface area contributed by atoms with Crippen LogP contribution in [-0.4, -0.2) is 13.0 Å². The fourth-order valence-electron chi connectivity index (χ4n) is 3.35. The smallest absolute Gasteiger partial charge is 0.339 e. The molecule has 3 aromatic carbocycles. The van der Waals surface area contributed by atoms with Gasteiger partial charge in [-0.3, -0.25) is 0 Å². The summed E-state index contributed by atoms with van der Waals surface area (Å²) in [5.41, 5.74) is 4.39. The van der Waals surface area contributed by atoms with E-state index in [1.54, 1.807) is 36.4 Å². The average Bonchev–Trinajstić information content (AvgIpc) is 3.22. The third-order valence-corrected chi connectivity index (χ3v) is 6.90. The molecule has 0 saturated heterocycles. The fraction of sp³-hybridized carbons (Fsp3) is 0.0800. The van der Waals surface area contributed by atoms with Crippen LogP contribution in [0.4, 0.5) is 0 Å². The second-order valence-electron chi connectivity index (χ2n) is 7.32. The van der Waals surface area contributed by atoms with Crippen molar-refractivity contribution >= 4 is 26.0 Å². The molecule has 0 aliphatic heterocycles. The van der Waals surface area contributed by atoms with Crippen LogP contribution >= 0.6 is 15.9 Å². The molecule has 0 unspecified atom stereocenters. The van der Waals surface area contributed by atoms with Crippen molar-refractivity contribution in [3.63, 3.8) is 0 Å². The fourth-order valence-corrected chi connectivity index (χ4v) is 4.73. The summed E-state index contributed by atoms with van der Waals surface area (Å²) < 4.78 is 33.4. The second-order valence-corrected chi connectivity index (χ2v) is 9.72. The number of nitrogens with zero attached hydrogens (tertiary/aromatic N) is 2. The minimum Gasteiger partial charge on any atom is -0.379 e. The highest BCUT2D eigenvalue weighted by atomic mass is 79.9. The van der Waals surface area contributed by atoms with Crippen molar-refractivity contribution in [2.45, 2.75) is 18.2 Å². The zero-order valence-corrected chi connectivity index (χ0v) is 19.6. The van der Waals surface area contributed by atoms with Crippen LogP contribution in [0.2, 0.25) is 0 Å². The zero-order chi connectivity index (χ0) is 22.7. The molecule has 0 fully saturated rings. The number of aryl methyl sites for hydroxylation is 1. The molecule has 0 aliphatic rings. The highest BCUT2D eigenvalue weighted by molar-refractivity contribution is 9.10. The highest BCUT2D eigenvalue weighted by Gasteiger charge is 2.17. The van der Waals surface area contributed by atoms with E-state index in [1.165, 1.54) is 12.1 Å². The molecule has 0 spiro atoms. The largest absolute Gasteiger partial charge is 0.379 e. The molecule has 0 N–H and O–H groups in total. The normalized spacial score (nSPS) is 11.2. The summed E-state index contributed by atoms with van der Waals surface area (Å²) in [7, 11) is -3.91. The lowest BCUT2D eigenvalue weighted by molar-refractivity contribution is 0.486. The maximum atomic E-state index is 12.6. The van der Waals surface area contributed by atoms with Gasteiger partial charge in [-0.1, -0.05) is 29.8 Å². The number of hydrogen-bond donors (Lipinski definition) is 0. The average molecular weight is 507 g/mol. The molecule has 5 nitrogen and oxygen atoms in total. The monoisotopic (exact) mass is 506 g/mol. The lowest BCUT2D eigenvalue weighted by atomic mass is 10.1. The second kappa shape index (κ2) is 9.03. The van der Waals surface area contributed by atoms with Crippen molar-refractivity contribution < 1.29 is 12.6 Å². The van der Waals surface area contributed by atoms with Gasteiger partial charge >= 0.3 is 10.1 Å². The van der Waals surface area contributed by atoms with Gasteiger partial charge in [0.2, 0.25) is 0 Å². The number of nitriles is 1. The molecular weight excluding hydrogens is 488 g/mol. The number of hydrogen-bond acceptors (Lipinski definition) is 4. The predicted molar refractivity (Wildman–Crippen MR) is 126 cm³/mol. The van der Waals surface area contributed by atoms with E-state index in [9.17, 15) is 8.42 Å². The van der Waals surface area contributed by atoms with Crippen LogP contribution in [0.15, 0.2) is 94.4 Å². The Labute approximate surface area is 195 Å².